The second-order valence-corrected chi connectivity index (χ2v) is 3.55. The molecule has 0 aromatic carbocycles. The third-order valence-electron chi connectivity index (χ3n) is 2.35. The zero-order chi connectivity index (χ0) is 10.7. The van der Waals surface area contributed by atoms with E-state index in [1.807, 2.05) is 12.1 Å². The maximum Gasteiger partial charge on any atom is 0.302 e. The molecule has 0 amide bonds. The monoisotopic (exact) mass is 207 g/mol. The normalized spacial score (nSPS) is 19.4. The molecular formula is C11H13NO3. The summed E-state index contributed by atoms with van der Waals surface area (Å²) in [4.78, 5) is 14.9. The number of pyridine rings is 1. The predicted molar refractivity (Wildman–Crippen MR) is 53.2 cm³/mol. The fraction of sp³-hybridized carbons (Fsp3) is 0.455. The molecule has 0 radical (unpaired) electrons. The number of rotatable bonds is 2. The molecule has 0 unspecified atom stereocenters. The van der Waals surface area contributed by atoms with Crippen LogP contribution in [0.15, 0.2) is 18.3 Å². The second-order valence-electron chi connectivity index (χ2n) is 3.55. The standard InChI is InChI=1S/C11H13NO3/c1-8(13)14-7-10-5-11-9(6-15-10)3-2-4-12-11/h2-4,10H,5-7H2,1H3/t10-/m0/s1. The molecular weight excluding hydrogens is 194 g/mol. The number of hydrogen-bond donors (Lipinski definition) is 0. The first-order valence-electron chi connectivity index (χ1n) is 4.93. The van der Waals surface area contributed by atoms with Gasteiger partial charge in [-0.3, -0.25) is 9.78 Å². The number of nitrogens with zero attached hydrogens (tertiary/aromatic N) is 1. The van der Waals surface area contributed by atoms with Crippen LogP contribution in [-0.4, -0.2) is 23.7 Å². The Morgan fingerprint density at radius 3 is 3.40 bits per heavy atom. The Morgan fingerprint density at radius 2 is 2.60 bits per heavy atom. The van der Waals surface area contributed by atoms with Crippen molar-refractivity contribution >= 4 is 5.97 Å². The summed E-state index contributed by atoms with van der Waals surface area (Å²) < 4.78 is 10.4. The summed E-state index contributed by atoms with van der Waals surface area (Å²) in [5.41, 5.74) is 2.16. The minimum atomic E-state index is -0.273. The van der Waals surface area contributed by atoms with Crippen molar-refractivity contribution in [1.82, 2.24) is 4.98 Å². The van der Waals surface area contributed by atoms with Crippen LogP contribution in [0.2, 0.25) is 0 Å². The maximum absolute atomic E-state index is 10.6. The molecule has 0 bridgehead atoms. The Labute approximate surface area is 88.2 Å². The van der Waals surface area contributed by atoms with Crippen molar-refractivity contribution in [3.63, 3.8) is 0 Å². The molecule has 0 saturated carbocycles. The van der Waals surface area contributed by atoms with E-state index in [-0.39, 0.29) is 12.1 Å². The van der Waals surface area contributed by atoms with Crippen LogP contribution in [0.4, 0.5) is 0 Å². The van der Waals surface area contributed by atoms with Crippen LogP contribution in [0.25, 0.3) is 0 Å². The van der Waals surface area contributed by atoms with Crippen molar-refractivity contribution in [2.45, 2.75) is 26.1 Å². The molecule has 0 spiro atoms. The number of ether oxygens (including phenoxy) is 2. The van der Waals surface area contributed by atoms with Gasteiger partial charge in [-0.25, -0.2) is 0 Å². The first-order valence-corrected chi connectivity index (χ1v) is 4.93. The third-order valence-corrected chi connectivity index (χ3v) is 2.35. The summed E-state index contributed by atoms with van der Waals surface area (Å²) in [6.45, 7) is 2.26. The Hall–Kier alpha value is -1.42. The molecule has 0 aliphatic carbocycles. The highest BCUT2D eigenvalue weighted by Gasteiger charge is 2.20. The molecule has 0 saturated heterocycles. The molecule has 1 aromatic heterocycles. The predicted octanol–water partition coefficient (Wildman–Crippen LogP) is 1.09. The number of fused-ring (bicyclic) bond motifs is 1. The number of esters is 1. The third kappa shape index (κ3) is 2.53. The summed E-state index contributed by atoms with van der Waals surface area (Å²) in [6.07, 6.45) is 2.42. The van der Waals surface area contributed by atoms with E-state index in [0.29, 0.717) is 19.6 Å². The Bertz CT molecular complexity index is 365. The van der Waals surface area contributed by atoms with Gasteiger partial charge in [0.25, 0.3) is 0 Å². The highest BCUT2D eigenvalue weighted by atomic mass is 16.6. The minimum absolute atomic E-state index is 0.0590. The van der Waals surface area contributed by atoms with Gasteiger partial charge in [0.05, 0.1) is 12.7 Å². The van der Waals surface area contributed by atoms with Gasteiger partial charge in [0.1, 0.15) is 6.61 Å². The van der Waals surface area contributed by atoms with Crippen molar-refractivity contribution in [2.24, 2.45) is 0 Å². The smallest absolute Gasteiger partial charge is 0.302 e. The number of carbonyl (C=O) groups excluding carboxylic acids is 1. The molecule has 4 heteroatoms. The second kappa shape index (κ2) is 4.40. The topological polar surface area (TPSA) is 48.4 Å². The number of aromatic nitrogens is 1. The zero-order valence-electron chi connectivity index (χ0n) is 8.60. The van der Waals surface area contributed by atoms with Gasteiger partial charge in [-0.2, -0.15) is 0 Å². The van der Waals surface area contributed by atoms with Crippen molar-refractivity contribution in [3.05, 3.63) is 29.6 Å². The van der Waals surface area contributed by atoms with Crippen LogP contribution in [0.3, 0.4) is 0 Å². The van der Waals surface area contributed by atoms with Crippen LogP contribution in [0.5, 0.6) is 0 Å². The molecule has 2 rings (SSSR count). The van der Waals surface area contributed by atoms with E-state index in [2.05, 4.69) is 4.98 Å². The first kappa shape index (κ1) is 10.1. The maximum atomic E-state index is 10.6. The van der Waals surface area contributed by atoms with Crippen LogP contribution in [0, 0.1) is 0 Å². The fourth-order valence-corrected chi connectivity index (χ4v) is 1.59. The highest BCUT2D eigenvalue weighted by Crippen LogP contribution is 2.18. The van der Waals surface area contributed by atoms with Crippen LogP contribution >= 0.6 is 0 Å². The molecule has 1 aliphatic heterocycles. The van der Waals surface area contributed by atoms with E-state index in [9.17, 15) is 4.79 Å². The van der Waals surface area contributed by atoms with E-state index in [1.54, 1.807) is 6.20 Å². The van der Waals surface area contributed by atoms with Crippen LogP contribution in [0.1, 0.15) is 18.2 Å². The fourth-order valence-electron chi connectivity index (χ4n) is 1.59. The average molecular weight is 207 g/mol. The van der Waals surface area contributed by atoms with E-state index >= 15 is 0 Å². The Kier molecular flexibility index (Phi) is 2.97. The van der Waals surface area contributed by atoms with E-state index in [1.165, 1.54) is 6.92 Å². The van der Waals surface area contributed by atoms with Gasteiger partial charge in [0.2, 0.25) is 0 Å². The summed E-state index contributed by atoms with van der Waals surface area (Å²) in [5, 5.41) is 0. The summed E-state index contributed by atoms with van der Waals surface area (Å²) >= 11 is 0. The largest absolute Gasteiger partial charge is 0.463 e. The lowest BCUT2D eigenvalue weighted by Crippen LogP contribution is -2.28. The lowest BCUT2D eigenvalue weighted by Gasteiger charge is -2.23. The molecule has 0 N–H and O–H groups in total. The Morgan fingerprint density at radius 1 is 1.73 bits per heavy atom. The van der Waals surface area contributed by atoms with Gasteiger partial charge in [-0.1, -0.05) is 6.07 Å². The number of carbonyl (C=O) groups is 1. The van der Waals surface area contributed by atoms with Crippen molar-refractivity contribution in [3.8, 4) is 0 Å². The molecule has 80 valence electrons. The minimum Gasteiger partial charge on any atom is -0.463 e. The van der Waals surface area contributed by atoms with Gasteiger partial charge in [0.15, 0.2) is 0 Å². The summed E-state index contributed by atoms with van der Waals surface area (Å²) in [5.74, 6) is -0.273. The van der Waals surface area contributed by atoms with Crippen molar-refractivity contribution < 1.29 is 14.3 Å². The van der Waals surface area contributed by atoms with Gasteiger partial charge >= 0.3 is 5.97 Å². The highest BCUT2D eigenvalue weighted by molar-refractivity contribution is 5.65. The summed E-state index contributed by atoms with van der Waals surface area (Å²) in [6, 6.07) is 3.90. The SMILES string of the molecule is CC(=O)OC[C@@H]1Cc2ncccc2CO1. The first-order chi connectivity index (χ1) is 7.25. The van der Waals surface area contributed by atoms with Crippen molar-refractivity contribution in [2.75, 3.05) is 6.61 Å². The zero-order valence-corrected chi connectivity index (χ0v) is 8.60. The number of hydrogen-bond acceptors (Lipinski definition) is 4. The van der Waals surface area contributed by atoms with E-state index in [0.717, 1.165) is 11.3 Å². The molecule has 1 aliphatic rings. The van der Waals surface area contributed by atoms with Crippen LogP contribution < -0.4 is 0 Å². The molecule has 4 nitrogen and oxygen atoms in total. The average Bonchev–Trinajstić information content (AvgIpc) is 2.26. The van der Waals surface area contributed by atoms with Crippen LogP contribution in [-0.2, 0) is 27.3 Å². The van der Waals surface area contributed by atoms with Gasteiger partial charge in [-0.05, 0) is 11.6 Å². The van der Waals surface area contributed by atoms with Gasteiger partial charge < -0.3 is 9.47 Å². The molecule has 15 heavy (non-hydrogen) atoms. The molecule has 0 fully saturated rings. The van der Waals surface area contributed by atoms with Gasteiger partial charge in [0, 0.05) is 25.2 Å². The van der Waals surface area contributed by atoms with E-state index < -0.39 is 0 Å². The van der Waals surface area contributed by atoms with E-state index in [4.69, 9.17) is 9.47 Å². The van der Waals surface area contributed by atoms with Crippen molar-refractivity contribution in [1.29, 1.82) is 0 Å². The lowest BCUT2D eigenvalue weighted by molar-refractivity contribution is -0.146. The van der Waals surface area contributed by atoms with Gasteiger partial charge in [-0.15, -0.1) is 0 Å². The lowest BCUT2D eigenvalue weighted by atomic mass is 10.1. The summed E-state index contributed by atoms with van der Waals surface area (Å²) in [7, 11) is 0. The quantitative estimate of drug-likeness (QED) is 0.681. The molecule has 2 heterocycles. The molecule has 1 aromatic rings. The Balaban J connectivity index is 1.96. The molecule has 1 atom stereocenters.